The van der Waals surface area contributed by atoms with E-state index in [0.29, 0.717) is 6.54 Å². The topological polar surface area (TPSA) is 49.4 Å². The standard InChI is InChI=1S/C16H20N2O2/c1-16(13-5-3-2-4-6-13)15(20)17-11-14(19)18(16)10-9-12-7-8-12/h2-6,12H,7-11H2,1H3,(H,17,20). The minimum absolute atomic E-state index is 0.0107. The molecule has 1 aliphatic carbocycles. The molecule has 0 spiro atoms. The highest BCUT2D eigenvalue weighted by Crippen LogP contribution is 2.36. The average Bonchev–Trinajstić information content (AvgIpc) is 3.28. The lowest BCUT2D eigenvalue weighted by molar-refractivity contribution is -0.153. The second kappa shape index (κ2) is 4.93. The third-order valence-corrected chi connectivity index (χ3v) is 4.48. The van der Waals surface area contributed by atoms with Crippen LogP contribution < -0.4 is 5.32 Å². The van der Waals surface area contributed by atoms with Crippen LogP contribution in [0.5, 0.6) is 0 Å². The molecule has 1 aliphatic heterocycles. The monoisotopic (exact) mass is 272 g/mol. The zero-order chi connectivity index (χ0) is 14.2. The lowest BCUT2D eigenvalue weighted by Gasteiger charge is -2.44. The number of carbonyl (C=O) groups excluding carboxylic acids is 2. The van der Waals surface area contributed by atoms with Crippen LogP contribution in [0.25, 0.3) is 0 Å². The zero-order valence-corrected chi connectivity index (χ0v) is 11.8. The molecule has 4 heteroatoms. The van der Waals surface area contributed by atoms with E-state index < -0.39 is 5.54 Å². The van der Waals surface area contributed by atoms with Gasteiger partial charge in [-0.1, -0.05) is 43.2 Å². The van der Waals surface area contributed by atoms with E-state index in [0.717, 1.165) is 17.9 Å². The second-order valence-corrected chi connectivity index (χ2v) is 5.90. The van der Waals surface area contributed by atoms with Gasteiger partial charge in [0.15, 0.2) is 0 Å². The number of hydrogen-bond acceptors (Lipinski definition) is 2. The van der Waals surface area contributed by atoms with E-state index in [1.807, 2.05) is 37.3 Å². The number of nitrogens with one attached hydrogen (secondary N) is 1. The largest absolute Gasteiger partial charge is 0.345 e. The van der Waals surface area contributed by atoms with E-state index in [9.17, 15) is 9.59 Å². The summed E-state index contributed by atoms with van der Waals surface area (Å²) in [4.78, 5) is 26.5. The summed E-state index contributed by atoms with van der Waals surface area (Å²) in [5, 5.41) is 2.72. The van der Waals surface area contributed by atoms with Gasteiger partial charge < -0.3 is 10.2 Å². The Balaban J connectivity index is 1.92. The van der Waals surface area contributed by atoms with Gasteiger partial charge in [-0.05, 0) is 24.8 Å². The van der Waals surface area contributed by atoms with Gasteiger partial charge in [0.25, 0.3) is 5.91 Å². The fraction of sp³-hybridized carbons (Fsp3) is 0.500. The molecule has 106 valence electrons. The summed E-state index contributed by atoms with van der Waals surface area (Å²) in [6, 6.07) is 9.58. The molecule has 2 amide bonds. The summed E-state index contributed by atoms with van der Waals surface area (Å²) in [7, 11) is 0. The van der Waals surface area contributed by atoms with Crippen molar-refractivity contribution >= 4 is 11.8 Å². The normalized spacial score (nSPS) is 26.6. The van der Waals surface area contributed by atoms with Gasteiger partial charge in [-0.3, -0.25) is 9.59 Å². The van der Waals surface area contributed by atoms with Crippen molar-refractivity contribution in [3.8, 4) is 0 Å². The fourth-order valence-electron chi connectivity index (χ4n) is 2.91. The van der Waals surface area contributed by atoms with Crippen molar-refractivity contribution in [1.29, 1.82) is 0 Å². The Morgan fingerprint density at radius 3 is 2.60 bits per heavy atom. The molecule has 1 saturated heterocycles. The van der Waals surface area contributed by atoms with Crippen LogP contribution in [0.2, 0.25) is 0 Å². The molecule has 0 bridgehead atoms. The van der Waals surface area contributed by atoms with Gasteiger partial charge in [0.2, 0.25) is 5.91 Å². The SMILES string of the molecule is CC1(c2ccccc2)C(=O)NCC(=O)N1CCC1CC1. The van der Waals surface area contributed by atoms with Crippen molar-refractivity contribution in [2.75, 3.05) is 13.1 Å². The van der Waals surface area contributed by atoms with Crippen molar-refractivity contribution in [2.24, 2.45) is 5.92 Å². The summed E-state index contributed by atoms with van der Waals surface area (Å²) in [5.41, 5.74) is -0.00720. The number of piperazine rings is 1. The van der Waals surface area contributed by atoms with Crippen LogP contribution in [0.15, 0.2) is 30.3 Å². The van der Waals surface area contributed by atoms with Crippen molar-refractivity contribution < 1.29 is 9.59 Å². The first-order valence-corrected chi connectivity index (χ1v) is 7.26. The van der Waals surface area contributed by atoms with E-state index in [1.54, 1.807) is 4.90 Å². The minimum Gasteiger partial charge on any atom is -0.345 e. The van der Waals surface area contributed by atoms with Crippen LogP contribution >= 0.6 is 0 Å². The first-order valence-electron chi connectivity index (χ1n) is 7.26. The van der Waals surface area contributed by atoms with E-state index in [-0.39, 0.29) is 18.4 Å². The molecule has 0 aromatic heterocycles. The summed E-state index contributed by atoms with van der Waals surface area (Å²) in [6.07, 6.45) is 3.52. The van der Waals surface area contributed by atoms with Crippen LogP contribution in [0, 0.1) is 5.92 Å². The summed E-state index contributed by atoms with van der Waals surface area (Å²) in [5.74, 6) is 0.670. The van der Waals surface area contributed by atoms with Gasteiger partial charge in [-0.25, -0.2) is 0 Å². The van der Waals surface area contributed by atoms with E-state index in [1.165, 1.54) is 12.8 Å². The first kappa shape index (κ1) is 13.2. The zero-order valence-electron chi connectivity index (χ0n) is 11.8. The first-order chi connectivity index (χ1) is 9.62. The van der Waals surface area contributed by atoms with E-state index in [4.69, 9.17) is 0 Å². The number of hydrogen-bond donors (Lipinski definition) is 1. The molecule has 2 aliphatic rings. The highest BCUT2D eigenvalue weighted by atomic mass is 16.2. The van der Waals surface area contributed by atoms with Gasteiger partial charge in [-0.2, -0.15) is 0 Å². The minimum atomic E-state index is -0.883. The molecule has 4 nitrogen and oxygen atoms in total. The molecule has 1 aromatic rings. The molecule has 1 aromatic carbocycles. The Morgan fingerprint density at radius 1 is 1.25 bits per heavy atom. The molecule has 1 unspecified atom stereocenters. The number of amides is 2. The van der Waals surface area contributed by atoms with Crippen LogP contribution in [0.4, 0.5) is 0 Å². The molecule has 0 radical (unpaired) electrons. The van der Waals surface area contributed by atoms with Gasteiger partial charge in [0.1, 0.15) is 5.54 Å². The molecule has 1 heterocycles. The average molecular weight is 272 g/mol. The van der Waals surface area contributed by atoms with Crippen molar-refractivity contribution in [3.63, 3.8) is 0 Å². The van der Waals surface area contributed by atoms with Gasteiger partial charge in [0, 0.05) is 6.54 Å². The molecule has 2 fully saturated rings. The summed E-state index contributed by atoms with van der Waals surface area (Å²) >= 11 is 0. The molecule has 3 rings (SSSR count). The third-order valence-electron chi connectivity index (χ3n) is 4.48. The predicted octanol–water partition coefficient (Wildman–Crippen LogP) is 1.66. The predicted molar refractivity (Wildman–Crippen MR) is 75.9 cm³/mol. The Morgan fingerprint density at radius 2 is 1.95 bits per heavy atom. The van der Waals surface area contributed by atoms with Gasteiger partial charge in [-0.15, -0.1) is 0 Å². The Bertz CT molecular complexity index is 525. The Labute approximate surface area is 119 Å². The Kier molecular flexibility index (Phi) is 3.24. The quantitative estimate of drug-likeness (QED) is 0.906. The Hall–Kier alpha value is -1.84. The van der Waals surface area contributed by atoms with Crippen LogP contribution in [0.1, 0.15) is 31.7 Å². The molecule has 1 atom stereocenters. The van der Waals surface area contributed by atoms with Crippen LogP contribution in [0.3, 0.4) is 0 Å². The number of benzene rings is 1. The lowest BCUT2D eigenvalue weighted by Crippen LogP contribution is -2.64. The lowest BCUT2D eigenvalue weighted by atomic mass is 9.87. The molecule has 20 heavy (non-hydrogen) atoms. The van der Waals surface area contributed by atoms with Crippen molar-refractivity contribution in [1.82, 2.24) is 10.2 Å². The maximum atomic E-state index is 12.4. The number of nitrogens with zero attached hydrogens (tertiary/aromatic N) is 1. The summed E-state index contributed by atoms with van der Waals surface area (Å²) < 4.78 is 0. The maximum absolute atomic E-state index is 12.4. The smallest absolute Gasteiger partial charge is 0.250 e. The second-order valence-electron chi connectivity index (χ2n) is 5.90. The number of rotatable bonds is 4. The molecular formula is C16H20N2O2. The van der Waals surface area contributed by atoms with Crippen LogP contribution in [-0.4, -0.2) is 29.8 Å². The van der Waals surface area contributed by atoms with Crippen molar-refractivity contribution in [2.45, 2.75) is 31.7 Å². The fourth-order valence-corrected chi connectivity index (χ4v) is 2.91. The molecule has 1 N–H and O–H groups in total. The third kappa shape index (κ3) is 2.19. The van der Waals surface area contributed by atoms with Crippen molar-refractivity contribution in [3.05, 3.63) is 35.9 Å². The molecule has 1 saturated carbocycles. The van der Waals surface area contributed by atoms with E-state index in [2.05, 4.69) is 5.32 Å². The van der Waals surface area contributed by atoms with Gasteiger partial charge in [0.05, 0.1) is 6.54 Å². The van der Waals surface area contributed by atoms with Gasteiger partial charge >= 0.3 is 0 Å². The van der Waals surface area contributed by atoms with Crippen LogP contribution in [-0.2, 0) is 15.1 Å². The number of carbonyl (C=O) groups is 2. The van der Waals surface area contributed by atoms with E-state index >= 15 is 0 Å². The summed E-state index contributed by atoms with van der Waals surface area (Å²) in [6.45, 7) is 2.63. The molecular weight excluding hydrogens is 252 g/mol. The maximum Gasteiger partial charge on any atom is 0.250 e. The highest BCUT2D eigenvalue weighted by Gasteiger charge is 2.46. The highest BCUT2D eigenvalue weighted by molar-refractivity contribution is 5.98.